The van der Waals surface area contributed by atoms with Crippen LogP contribution >= 0.6 is 0 Å². The zero-order valence-corrected chi connectivity index (χ0v) is 17.9. The number of nitrogens with two attached hydrogens (primary N) is 1. The number of aromatic nitrogens is 2. The smallest absolute Gasteiger partial charge is 0.305 e. The van der Waals surface area contributed by atoms with E-state index in [1.165, 1.54) is 5.56 Å². The van der Waals surface area contributed by atoms with E-state index in [1.54, 1.807) is 0 Å². The first kappa shape index (κ1) is 21.8. The summed E-state index contributed by atoms with van der Waals surface area (Å²) < 4.78 is 6.96. The number of nitrogens with zero attached hydrogens (tertiary/aromatic N) is 2. The first-order valence-corrected chi connectivity index (χ1v) is 9.41. The van der Waals surface area contributed by atoms with Crippen molar-refractivity contribution in [2.45, 2.75) is 39.7 Å². The lowest BCUT2D eigenvalue weighted by molar-refractivity contribution is -0.741. The van der Waals surface area contributed by atoms with Crippen LogP contribution < -0.4 is 27.4 Å². The lowest BCUT2D eigenvalue weighted by Gasteiger charge is -2.08. The van der Waals surface area contributed by atoms with Gasteiger partial charge in [0, 0.05) is 28.9 Å². The Labute approximate surface area is 176 Å². The van der Waals surface area contributed by atoms with Crippen molar-refractivity contribution in [3.63, 3.8) is 0 Å². The van der Waals surface area contributed by atoms with E-state index >= 15 is 0 Å². The maximum Gasteiger partial charge on any atom is 0.305 e. The third-order valence-electron chi connectivity index (χ3n) is 4.58. The predicted molar refractivity (Wildman–Crippen MR) is 107 cm³/mol. The number of unbranched alkanes of at least 4 members (excludes halogenated alkanes) is 1. The molecule has 5 nitrogen and oxygen atoms in total. The first-order valence-electron chi connectivity index (χ1n) is 9.41. The fourth-order valence-corrected chi connectivity index (χ4v) is 3.23. The highest BCUT2D eigenvalue weighted by molar-refractivity contribution is 5.98. The molecular formula is C22H26BrN3O2. The Kier molecular flexibility index (Phi) is 7.93. The molecule has 0 atom stereocenters. The summed E-state index contributed by atoms with van der Waals surface area (Å²) in [5, 5.41) is 6.67. The first-order chi connectivity index (χ1) is 13.1. The van der Waals surface area contributed by atoms with Gasteiger partial charge in [0.15, 0.2) is 12.4 Å². The van der Waals surface area contributed by atoms with Gasteiger partial charge in [0.2, 0.25) is 5.69 Å². The van der Waals surface area contributed by atoms with E-state index in [2.05, 4.69) is 42.4 Å². The van der Waals surface area contributed by atoms with Crippen LogP contribution in [0.5, 0.6) is 0 Å². The van der Waals surface area contributed by atoms with Gasteiger partial charge < -0.3 is 27.5 Å². The zero-order chi connectivity index (χ0) is 19.2. The van der Waals surface area contributed by atoms with Gasteiger partial charge in [-0.05, 0) is 38.5 Å². The average Bonchev–Trinajstić information content (AvgIpc) is 2.67. The Morgan fingerprint density at radius 3 is 2.43 bits per heavy atom. The minimum atomic E-state index is -0.146. The number of esters is 1. The van der Waals surface area contributed by atoms with Crippen molar-refractivity contribution >= 4 is 22.6 Å². The van der Waals surface area contributed by atoms with E-state index in [1.807, 2.05) is 29.8 Å². The normalized spacial score (nSPS) is 10.5. The maximum atomic E-state index is 11.5. The van der Waals surface area contributed by atoms with Crippen molar-refractivity contribution in [1.29, 1.82) is 0 Å². The predicted octanol–water partition coefficient (Wildman–Crippen LogP) is 0.817. The molecule has 1 heterocycles. The molecule has 0 spiro atoms. The highest BCUT2D eigenvalue weighted by Crippen LogP contribution is 2.27. The summed E-state index contributed by atoms with van der Waals surface area (Å²) in [4.78, 5) is 11.5. The number of aryl methyl sites for hydroxylation is 2. The van der Waals surface area contributed by atoms with Gasteiger partial charge in [-0.3, -0.25) is 4.79 Å². The number of nitrogen functional groups attached to an aromatic ring is 1. The van der Waals surface area contributed by atoms with Crippen LogP contribution in [0.1, 0.15) is 31.7 Å². The van der Waals surface area contributed by atoms with E-state index in [0.717, 1.165) is 34.9 Å². The number of hydrogen-bond acceptors (Lipinski definition) is 4. The largest absolute Gasteiger partial charge is 1.00 e. The third kappa shape index (κ3) is 5.07. The molecule has 6 heteroatoms. The van der Waals surface area contributed by atoms with Crippen molar-refractivity contribution in [3.05, 3.63) is 54.1 Å². The van der Waals surface area contributed by atoms with Gasteiger partial charge in [0.1, 0.15) is 0 Å². The number of carbonyl (C=O) groups excluding carboxylic acids is 1. The molecule has 0 radical (unpaired) electrons. The molecule has 28 heavy (non-hydrogen) atoms. The van der Waals surface area contributed by atoms with Gasteiger partial charge in [0.25, 0.3) is 0 Å². The molecule has 1 aromatic heterocycles. The van der Waals surface area contributed by atoms with Crippen LogP contribution in [0.2, 0.25) is 0 Å². The number of halogens is 1. The second-order valence-electron chi connectivity index (χ2n) is 6.63. The van der Waals surface area contributed by atoms with Crippen molar-refractivity contribution in [1.82, 2.24) is 5.10 Å². The molecule has 0 amide bonds. The summed E-state index contributed by atoms with van der Waals surface area (Å²) in [5.74, 6) is 0.374. The van der Waals surface area contributed by atoms with E-state index in [-0.39, 0.29) is 23.0 Å². The third-order valence-corrected chi connectivity index (χ3v) is 4.58. The van der Waals surface area contributed by atoms with E-state index < -0.39 is 0 Å². The van der Waals surface area contributed by atoms with Crippen LogP contribution in [0.4, 0.5) is 5.82 Å². The van der Waals surface area contributed by atoms with Crippen molar-refractivity contribution in [2.75, 3.05) is 12.3 Å². The Bertz CT molecular complexity index is 942. The summed E-state index contributed by atoms with van der Waals surface area (Å²) in [5.41, 5.74) is 9.59. The SMILES string of the molecule is CCOC(=O)CCCC[n+]1nc(N)c2ccccc2c1-c1ccc(C)cc1.[Br-]. The maximum absolute atomic E-state index is 11.5. The number of ether oxygens (including phenoxy) is 1. The van der Waals surface area contributed by atoms with Crippen molar-refractivity contribution < 1.29 is 31.2 Å². The van der Waals surface area contributed by atoms with Crippen LogP contribution in [0, 0.1) is 6.92 Å². The van der Waals surface area contributed by atoms with Crippen molar-refractivity contribution in [3.8, 4) is 11.3 Å². The molecule has 0 aliphatic carbocycles. The van der Waals surface area contributed by atoms with Crippen LogP contribution in [0.15, 0.2) is 48.5 Å². The number of carbonyl (C=O) groups is 1. The molecule has 0 bridgehead atoms. The highest BCUT2D eigenvalue weighted by Gasteiger charge is 2.21. The summed E-state index contributed by atoms with van der Waals surface area (Å²) in [6.07, 6.45) is 2.01. The fourth-order valence-electron chi connectivity index (χ4n) is 3.23. The Balaban J connectivity index is 0.00000280. The quantitative estimate of drug-likeness (QED) is 0.333. The fraction of sp³-hybridized carbons (Fsp3) is 0.318. The van der Waals surface area contributed by atoms with Gasteiger partial charge in [-0.15, -0.1) is 0 Å². The van der Waals surface area contributed by atoms with E-state index in [9.17, 15) is 4.79 Å². The molecule has 0 aliphatic heterocycles. The molecular weight excluding hydrogens is 418 g/mol. The lowest BCUT2D eigenvalue weighted by Crippen LogP contribution is -3.00. The minimum Gasteiger partial charge on any atom is -1.00 e. The second kappa shape index (κ2) is 10.2. The van der Waals surface area contributed by atoms with E-state index in [0.29, 0.717) is 25.4 Å². The van der Waals surface area contributed by atoms with Gasteiger partial charge in [-0.2, -0.15) is 0 Å². The molecule has 0 saturated carbocycles. The van der Waals surface area contributed by atoms with Gasteiger partial charge >= 0.3 is 5.97 Å². The summed E-state index contributed by atoms with van der Waals surface area (Å²) >= 11 is 0. The summed E-state index contributed by atoms with van der Waals surface area (Å²) in [6.45, 7) is 5.02. The summed E-state index contributed by atoms with van der Waals surface area (Å²) in [7, 11) is 0. The monoisotopic (exact) mass is 443 g/mol. The number of rotatable bonds is 7. The van der Waals surface area contributed by atoms with Crippen molar-refractivity contribution in [2.24, 2.45) is 0 Å². The van der Waals surface area contributed by atoms with Gasteiger partial charge in [-0.25, -0.2) is 0 Å². The standard InChI is InChI=1S/C22H26N3O2.BrH/c1-3-27-20(26)10-6-7-15-25-21(17-13-11-16(2)12-14-17)18-8-4-5-9-19(18)22(23)24-25;/h4-5,8-9,11-14H,3,6-7,10,15H2,1-2H3,(H2,23,24);1H/q+1;/p-1. The minimum absolute atomic E-state index is 0. The second-order valence-corrected chi connectivity index (χ2v) is 6.63. The van der Waals surface area contributed by atoms with Crippen LogP contribution in [0.25, 0.3) is 22.0 Å². The number of benzene rings is 2. The Morgan fingerprint density at radius 1 is 1.07 bits per heavy atom. The summed E-state index contributed by atoms with van der Waals surface area (Å²) in [6, 6.07) is 16.5. The molecule has 3 aromatic rings. The number of anilines is 1. The molecule has 0 fully saturated rings. The molecule has 3 rings (SSSR count). The molecule has 148 valence electrons. The van der Waals surface area contributed by atoms with Crippen LogP contribution in [-0.4, -0.2) is 17.7 Å². The molecule has 2 N–H and O–H groups in total. The molecule has 2 aromatic carbocycles. The highest BCUT2D eigenvalue weighted by atomic mass is 79.9. The number of hydrogen-bond donors (Lipinski definition) is 1. The average molecular weight is 444 g/mol. The topological polar surface area (TPSA) is 69.1 Å². The Hall–Kier alpha value is -2.47. The van der Waals surface area contributed by atoms with Crippen LogP contribution in [0.3, 0.4) is 0 Å². The Morgan fingerprint density at radius 2 is 1.75 bits per heavy atom. The molecule has 0 aliphatic rings. The van der Waals surface area contributed by atoms with Crippen LogP contribution in [-0.2, 0) is 16.1 Å². The molecule has 0 saturated heterocycles. The number of fused-ring (bicyclic) bond motifs is 1. The van der Waals surface area contributed by atoms with Gasteiger partial charge in [0.05, 0.1) is 12.0 Å². The zero-order valence-electron chi connectivity index (χ0n) is 16.3. The van der Waals surface area contributed by atoms with Gasteiger partial charge in [-0.1, -0.05) is 40.6 Å². The lowest BCUT2D eigenvalue weighted by atomic mass is 10.0. The van der Waals surface area contributed by atoms with E-state index in [4.69, 9.17) is 10.5 Å². The molecule has 0 unspecified atom stereocenters.